The second kappa shape index (κ2) is 8.05. The van der Waals surface area contributed by atoms with Crippen molar-refractivity contribution in [2.24, 2.45) is 11.7 Å². The van der Waals surface area contributed by atoms with E-state index in [0.717, 1.165) is 0 Å². The van der Waals surface area contributed by atoms with E-state index < -0.39 is 5.54 Å². The van der Waals surface area contributed by atoms with Crippen molar-refractivity contribution in [2.45, 2.75) is 26.3 Å². The number of nitrogens with one attached hydrogen (secondary N) is 2. The topological polar surface area (TPSA) is 87.5 Å². The zero-order valence-corrected chi connectivity index (χ0v) is 15.6. The van der Waals surface area contributed by atoms with Crippen LogP contribution in [0.2, 0.25) is 5.02 Å². The van der Waals surface area contributed by atoms with Crippen molar-refractivity contribution in [3.8, 4) is 0 Å². The van der Waals surface area contributed by atoms with E-state index in [1.807, 2.05) is 20.8 Å². The normalized spacial score (nSPS) is 16.4. The molecule has 1 fully saturated rings. The molecule has 0 aliphatic carbocycles. The minimum Gasteiger partial charge on any atom is -0.345 e. The summed E-state index contributed by atoms with van der Waals surface area (Å²) in [7, 11) is 0. The number of carbonyl (C=O) groups excluding carboxylic acids is 2. The zero-order chi connectivity index (χ0) is 17.2. The standard InChI is InChI=1S/C16H23ClN4O2.ClH/c1-10(2)16(3,9-18)20-14(22)11-4-5-12(17)13(8-11)21-7-6-19-15(21)23;/h4-5,8,10H,6-7,9,18H2,1-3H3,(H,19,23)(H,20,22);1H. The molecule has 0 bridgehead atoms. The van der Waals surface area contributed by atoms with Gasteiger partial charge < -0.3 is 16.4 Å². The summed E-state index contributed by atoms with van der Waals surface area (Å²) in [4.78, 5) is 25.9. The van der Waals surface area contributed by atoms with Crippen molar-refractivity contribution in [3.63, 3.8) is 0 Å². The lowest BCUT2D eigenvalue weighted by Gasteiger charge is -2.33. The third-order valence-corrected chi connectivity index (χ3v) is 4.77. The number of amides is 3. The Morgan fingerprint density at radius 1 is 1.50 bits per heavy atom. The number of hydrogen-bond acceptors (Lipinski definition) is 3. The average molecular weight is 375 g/mol. The van der Waals surface area contributed by atoms with Crippen molar-refractivity contribution in [2.75, 3.05) is 24.5 Å². The van der Waals surface area contributed by atoms with E-state index in [4.69, 9.17) is 17.3 Å². The Balaban J connectivity index is 0.00000288. The van der Waals surface area contributed by atoms with Crippen LogP contribution in [0.25, 0.3) is 0 Å². The van der Waals surface area contributed by atoms with Crippen molar-refractivity contribution in [3.05, 3.63) is 28.8 Å². The summed E-state index contributed by atoms with van der Waals surface area (Å²) < 4.78 is 0. The molecule has 0 aromatic heterocycles. The van der Waals surface area contributed by atoms with Crippen LogP contribution in [0.3, 0.4) is 0 Å². The van der Waals surface area contributed by atoms with Crippen molar-refractivity contribution < 1.29 is 9.59 Å². The molecule has 1 aliphatic rings. The summed E-state index contributed by atoms with van der Waals surface area (Å²) in [6, 6.07) is 4.71. The molecule has 1 saturated heterocycles. The SMILES string of the molecule is CC(C)C(C)(CN)NC(=O)c1ccc(Cl)c(N2CCNC2=O)c1.Cl. The first-order valence-electron chi connectivity index (χ1n) is 7.66. The highest BCUT2D eigenvalue weighted by Crippen LogP contribution is 2.28. The van der Waals surface area contributed by atoms with Crippen LogP contribution < -0.4 is 21.3 Å². The number of anilines is 1. The fourth-order valence-electron chi connectivity index (χ4n) is 2.32. The first kappa shape index (κ1) is 20.5. The number of urea groups is 1. The van der Waals surface area contributed by atoms with Gasteiger partial charge in [-0.3, -0.25) is 9.69 Å². The van der Waals surface area contributed by atoms with Gasteiger partial charge in [0.15, 0.2) is 0 Å². The molecule has 1 unspecified atom stereocenters. The second-order valence-corrected chi connectivity index (χ2v) is 6.69. The highest BCUT2D eigenvalue weighted by atomic mass is 35.5. The lowest BCUT2D eigenvalue weighted by Crippen LogP contribution is -2.55. The second-order valence-electron chi connectivity index (χ2n) is 6.28. The molecule has 24 heavy (non-hydrogen) atoms. The third kappa shape index (κ3) is 4.12. The smallest absolute Gasteiger partial charge is 0.322 e. The van der Waals surface area contributed by atoms with E-state index in [1.165, 1.54) is 4.90 Å². The highest BCUT2D eigenvalue weighted by molar-refractivity contribution is 6.34. The molecule has 6 nitrogen and oxygen atoms in total. The molecule has 4 N–H and O–H groups in total. The molecular weight excluding hydrogens is 351 g/mol. The molecule has 1 atom stereocenters. The Bertz CT molecular complexity index is 624. The summed E-state index contributed by atoms with van der Waals surface area (Å²) in [5, 5.41) is 6.13. The van der Waals surface area contributed by atoms with E-state index in [0.29, 0.717) is 35.9 Å². The largest absolute Gasteiger partial charge is 0.345 e. The van der Waals surface area contributed by atoms with Crippen LogP contribution in [0.5, 0.6) is 0 Å². The van der Waals surface area contributed by atoms with Gasteiger partial charge in [-0.1, -0.05) is 25.4 Å². The average Bonchev–Trinajstić information content (AvgIpc) is 2.93. The van der Waals surface area contributed by atoms with Crippen LogP contribution >= 0.6 is 24.0 Å². The Labute approximate surface area is 153 Å². The Morgan fingerprint density at radius 2 is 2.17 bits per heavy atom. The lowest BCUT2D eigenvalue weighted by molar-refractivity contribution is 0.0883. The van der Waals surface area contributed by atoms with Crippen LogP contribution in [0.1, 0.15) is 31.1 Å². The van der Waals surface area contributed by atoms with Crippen LogP contribution in [0, 0.1) is 5.92 Å². The molecule has 1 aromatic rings. The van der Waals surface area contributed by atoms with Crippen LogP contribution in [0.4, 0.5) is 10.5 Å². The fourth-order valence-corrected chi connectivity index (χ4v) is 2.54. The van der Waals surface area contributed by atoms with Gasteiger partial charge in [-0.15, -0.1) is 12.4 Å². The number of hydrogen-bond donors (Lipinski definition) is 3. The Kier molecular flexibility index (Phi) is 6.89. The molecule has 3 amide bonds. The highest BCUT2D eigenvalue weighted by Gasteiger charge is 2.30. The molecule has 0 saturated carbocycles. The van der Waals surface area contributed by atoms with E-state index in [2.05, 4.69) is 10.6 Å². The molecular formula is C16H24Cl2N4O2. The van der Waals surface area contributed by atoms with Crippen LogP contribution in [0.15, 0.2) is 18.2 Å². The van der Waals surface area contributed by atoms with Gasteiger partial charge in [-0.05, 0) is 31.0 Å². The van der Waals surface area contributed by atoms with Gasteiger partial charge >= 0.3 is 6.03 Å². The van der Waals surface area contributed by atoms with Gasteiger partial charge in [0.25, 0.3) is 5.91 Å². The predicted molar refractivity (Wildman–Crippen MR) is 99.2 cm³/mol. The number of halogens is 2. The maximum absolute atomic E-state index is 12.6. The van der Waals surface area contributed by atoms with Crippen molar-refractivity contribution >= 4 is 41.6 Å². The van der Waals surface area contributed by atoms with Crippen LogP contribution in [-0.2, 0) is 0 Å². The lowest BCUT2D eigenvalue weighted by atomic mass is 9.88. The molecule has 1 aliphatic heterocycles. The van der Waals surface area contributed by atoms with Crippen LogP contribution in [-0.4, -0.2) is 37.1 Å². The maximum atomic E-state index is 12.6. The minimum atomic E-state index is -0.498. The van der Waals surface area contributed by atoms with Gasteiger partial charge in [-0.2, -0.15) is 0 Å². The van der Waals surface area contributed by atoms with Crippen molar-refractivity contribution in [1.82, 2.24) is 10.6 Å². The summed E-state index contributed by atoms with van der Waals surface area (Å²) in [5.41, 5.74) is 6.30. The molecule has 1 heterocycles. The molecule has 8 heteroatoms. The number of nitrogens with two attached hydrogens (primary N) is 1. The first-order chi connectivity index (χ1) is 10.8. The van der Waals surface area contributed by atoms with E-state index >= 15 is 0 Å². The number of nitrogens with zero attached hydrogens (tertiary/aromatic N) is 1. The van der Waals surface area contributed by atoms with Gasteiger partial charge in [0.2, 0.25) is 0 Å². The summed E-state index contributed by atoms with van der Waals surface area (Å²) in [5.74, 6) is -0.0447. The Morgan fingerprint density at radius 3 is 2.67 bits per heavy atom. The number of carbonyl (C=O) groups is 2. The van der Waals surface area contributed by atoms with Crippen molar-refractivity contribution in [1.29, 1.82) is 0 Å². The monoisotopic (exact) mass is 374 g/mol. The molecule has 2 rings (SSSR count). The summed E-state index contributed by atoms with van der Waals surface area (Å²) in [6.45, 7) is 7.36. The van der Waals surface area contributed by atoms with E-state index in [-0.39, 0.29) is 30.3 Å². The molecule has 1 aromatic carbocycles. The summed E-state index contributed by atoms with van der Waals surface area (Å²) in [6.07, 6.45) is 0. The third-order valence-electron chi connectivity index (χ3n) is 4.45. The van der Waals surface area contributed by atoms with Gasteiger partial charge in [0.1, 0.15) is 0 Å². The van der Waals surface area contributed by atoms with Gasteiger partial charge in [0, 0.05) is 25.2 Å². The quantitative estimate of drug-likeness (QED) is 0.739. The number of benzene rings is 1. The fraction of sp³-hybridized carbons (Fsp3) is 0.500. The minimum absolute atomic E-state index is 0. The first-order valence-corrected chi connectivity index (χ1v) is 8.04. The van der Waals surface area contributed by atoms with Gasteiger partial charge in [0.05, 0.1) is 16.2 Å². The number of rotatable bonds is 5. The molecule has 134 valence electrons. The molecule has 0 radical (unpaired) electrons. The van der Waals surface area contributed by atoms with E-state index in [1.54, 1.807) is 18.2 Å². The predicted octanol–water partition coefficient (Wildman–Crippen LogP) is 2.39. The van der Waals surface area contributed by atoms with Gasteiger partial charge in [-0.25, -0.2) is 4.79 Å². The van der Waals surface area contributed by atoms with E-state index in [9.17, 15) is 9.59 Å². The zero-order valence-electron chi connectivity index (χ0n) is 14.1. The maximum Gasteiger partial charge on any atom is 0.322 e. The summed E-state index contributed by atoms with van der Waals surface area (Å²) >= 11 is 6.18. The Hall–Kier alpha value is -1.50. The molecule has 0 spiro atoms.